The lowest BCUT2D eigenvalue weighted by atomic mass is 9.89. The fraction of sp³-hybridized carbons (Fsp3) is 0.263. The highest BCUT2D eigenvalue weighted by Gasteiger charge is 2.40. The number of hydrogen-bond acceptors (Lipinski definition) is 3. The predicted molar refractivity (Wildman–Crippen MR) is 89.2 cm³/mol. The van der Waals surface area contributed by atoms with Crippen molar-refractivity contribution in [1.82, 2.24) is 0 Å². The van der Waals surface area contributed by atoms with Crippen LogP contribution in [0.4, 0.5) is 18.9 Å². The van der Waals surface area contributed by atoms with E-state index in [1.165, 1.54) is 6.07 Å². The van der Waals surface area contributed by atoms with Crippen molar-refractivity contribution >= 4 is 17.4 Å². The third kappa shape index (κ3) is 3.87. The number of amides is 1. The van der Waals surface area contributed by atoms with Gasteiger partial charge >= 0.3 is 12.1 Å². The van der Waals surface area contributed by atoms with Crippen molar-refractivity contribution in [3.63, 3.8) is 0 Å². The Morgan fingerprint density at radius 3 is 2.50 bits per heavy atom. The minimum absolute atomic E-state index is 0.0752. The lowest BCUT2D eigenvalue weighted by Gasteiger charge is -2.22. The number of carbonyl (C=O) groups excluding carboxylic acids is 2. The fourth-order valence-electron chi connectivity index (χ4n) is 2.88. The van der Waals surface area contributed by atoms with Crippen molar-refractivity contribution in [3.05, 3.63) is 59.2 Å². The number of fused-ring (bicyclic) bond motifs is 1. The van der Waals surface area contributed by atoms with Crippen LogP contribution in [0.1, 0.15) is 34.3 Å². The summed E-state index contributed by atoms with van der Waals surface area (Å²) in [6.45, 7) is 0.127. The quantitative estimate of drug-likeness (QED) is 0.882. The molecule has 4 nitrogen and oxygen atoms in total. The molecule has 1 amide bonds. The maximum atomic E-state index is 12.7. The maximum Gasteiger partial charge on any atom is 0.471 e. The molecule has 0 bridgehead atoms. The van der Waals surface area contributed by atoms with Gasteiger partial charge < -0.3 is 10.1 Å². The van der Waals surface area contributed by atoms with Gasteiger partial charge in [0.05, 0.1) is 5.69 Å². The molecular weight excluding hydrogens is 347 g/mol. The second-order valence-corrected chi connectivity index (χ2v) is 5.97. The molecule has 3 rings (SSSR count). The van der Waals surface area contributed by atoms with Crippen LogP contribution in [0.15, 0.2) is 42.5 Å². The van der Waals surface area contributed by atoms with Crippen LogP contribution in [0.5, 0.6) is 5.75 Å². The Hall–Kier alpha value is -2.83. The van der Waals surface area contributed by atoms with Gasteiger partial charge in [-0.3, -0.25) is 9.59 Å². The van der Waals surface area contributed by atoms with Crippen LogP contribution in [0.2, 0.25) is 0 Å². The average Bonchev–Trinajstić information content (AvgIpc) is 2.61. The first-order chi connectivity index (χ1) is 12.4. The molecule has 0 saturated heterocycles. The van der Waals surface area contributed by atoms with E-state index in [1.54, 1.807) is 6.07 Å². The Labute approximate surface area is 148 Å². The Morgan fingerprint density at radius 1 is 1.08 bits per heavy atom. The minimum atomic E-state index is -5.03. The van der Waals surface area contributed by atoms with E-state index < -0.39 is 12.1 Å². The molecule has 0 saturated carbocycles. The normalized spacial score (nSPS) is 13.9. The Morgan fingerprint density at radius 2 is 1.81 bits per heavy atom. The van der Waals surface area contributed by atoms with Gasteiger partial charge in [-0.1, -0.05) is 30.3 Å². The van der Waals surface area contributed by atoms with Gasteiger partial charge in [0.25, 0.3) is 0 Å². The summed E-state index contributed by atoms with van der Waals surface area (Å²) < 4.78 is 43.8. The molecular formula is C19H16F3NO3. The molecule has 7 heteroatoms. The molecule has 0 atom stereocenters. The first kappa shape index (κ1) is 18.0. The molecule has 1 N–H and O–H groups in total. The van der Waals surface area contributed by atoms with Crippen molar-refractivity contribution in [3.8, 4) is 5.75 Å². The zero-order valence-electron chi connectivity index (χ0n) is 13.7. The van der Waals surface area contributed by atoms with Crippen LogP contribution in [0.25, 0.3) is 0 Å². The SMILES string of the molecule is O=C1CCCc2c1ccc(OCc1ccccc1)c2NC(=O)C(F)(F)F. The second-order valence-electron chi connectivity index (χ2n) is 5.97. The summed E-state index contributed by atoms with van der Waals surface area (Å²) in [5.74, 6) is -2.13. The lowest BCUT2D eigenvalue weighted by Crippen LogP contribution is -2.31. The van der Waals surface area contributed by atoms with Gasteiger partial charge in [-0.25, -0.2) is 0 Å². The van der Waals surface area contributed by atoms with Crippen LogP contribution in [-0.4, -0.2) is 17.9 Å². The summed E-state index contributed by atoms with van der Waals surface area (Å²) in [6, 6.07) is 12.1. The number of ether oxygens (including phenoxy) is 1. The number of nitrogens with one attached hydrogen (secondary N) is 1. The Bertz CT molecular complexity index is 832. The summed E-state index contributed by atoms with van der Waals surface area (Å²) in [5.41, 5.74) is 1.48. The molecule has 1 aliphatic carbocycles. The van der Waals surface area contributed by atoms with Gasteiger partial charge in [0, 0.05) is 12.0 Å². The second kappa shape index (κ2) is 7.19. The van der Waals surface area contributed by atoms with Crippen LogP contribution in [0, 0.1) is 0 Å². The van der Waals surface area contributed by atoms with E-state index in [2.05, 4.69) is 0 Å². The standard InChI is InChI=1S/C19H16F3NO3/c20-19(21,22)18(25)23-17-14-7-4-8-15(24)13(14)9-10-16(17)26-11-12-5-2-1-3-6-12/h1-3,5-6,9-10H,4,7-8,11H2,(H,23,25). The maximum absolute atomic E-state index is 12.7. The molecule has 136 valence electrons. The molecule has 0 unspecified atom stereocenters. The molecule has 0 fully saturated rings. The van der Waals surface area contributed by atoms with E-state index in [-0.39, 0.29) is 23.8 Å². The van der Waals surface area contributed by atoms with Crippen molar-refractivity contribution in [2.75, 3.05) is 5.32 Å². The minimum Gasteiger partial charge on any atom is -0.487 e. The van der Waals surface area contributed by atoms with E-state index >= 15 is 0 Å². The predicted octanol–water partition coefficient (Wildman–Crippen LogP) is 4.29. The van der Waals surface area contributed by atoms with E-state index in [1.807, 2.05) is 35.6 Å². The number of halogens is 3. The number of carbonyl (C=O) groups is 2. The Balaban J connectivity index is 1.95. The smallest absolute Gasteiger partial charge is 0.471 e. The number of Topliss-reactive ketones (excluding diaryl/α,β-unsaturated/α-hetero) is 1. The zero-order valence-corrected chi connectivity index (χ0v) is 13.7. The molecule has 1 aliphatic rings. The average molecular weight is 363 g/mol. The molecule has 0 aromatic heterocycles. The number of ketones is 1. The number of anilines is 1. The highest BCUT2D eigenvalue weighted by molar-refractivity contribution is 6.03. The lowest BCUT2D eigenvalue weighted by molar-refractivity contribution is -0.167. The fourth-order valence-corrected chi connectivity index (χ4v) is 2.88. The molecule has 0 heterocycles. The first-order valence-electron chi connectivity index (χ1n) is 8.10. The summed E-state index contributed by atoms with van der Waals surface area (Å²) in [4.78, 5) is 23.5. The van der Waals surface area contributed by atoms with Crippen LogP contribution >= 0.6 is 0 Å². The van der Waals surface area contributed by atoms with Crippen molar-refractivity contribution in [2.45, 2.75) is 32.0 Å². The van der Waals surface area contributed by atoms with Gasteiger partial charge in [0.1, 0.15) is 12.4 Å². The monoisotopic (exact) mass is 363 g/mol. The molecule has 2 aromatic carbocycles. The molecule has 2 aromatic rings. The number of benzene rings is 2. The highest BCUT2D eigenvalue weighted by atomic mass is 19.4. The van der Waals surface area contributed by atoms with Gasteiger partial charge in [-0.05, 0) is 36.1 Å². The van der Waals surface area contributed by atoms with E-state index in [4.69, 9.17) is 4.74 Å². The summed E-state index contributed by atoms with van der Waals surface area (Å²) in [5, 5.41) is 1.89. The molecule has 0 radical (unpaired) electrons. The van der Waals surface area contributed by atoms with Gasteiger partial charge in [-0.15, -0.1) is 0 Å². The van der Waals surface area contributed by atoms with E-state index in [0.717, 1.165) is 5.56 Å². The summed E-state index contributed by atoms with van der Waals surface area (Å²) in [7, 11) is 0. The third-order valence-corrected chi connectivity index (χ3v) is 4.14. The number of rotatable bonds is 4. The zero-order chi connectivity index (χ0) is 18.7. The number of alkyl halides is 3. The van der Waals surface area contributed by atoms with Gasteiger partial charge in [-0.2, -0.15) is 13.2 Å². The van der Waals surface area contributed by atoms with E-state index in [9.17, 15) is 22.8 Å². The summed E-state index contributed by atoms with van der Waals surface area (Å²) in [6.07, 6.45) is -3.78. The van der Waals surface area contributed by atoms with Crippen LogP contribution in [-0.2, 0) is 17.8 Å². The Kier molecular flexibility index (Phi) is 4.97. The van der Waals surface area contributed by atoms with Crippen LogP contribution < -0.4 is 10.1 Å². The largest absolute Gasteiger partial charge is 0.487 e. The topological polar surface area (TPSA) is 55.4 Å². The molecule has 26 heavy (non-hydrogen) atoms. The number of hydrogen-bond donors (Lipinski definition) is 1. The summed E-state index contributed by atoms with van der Waals surface area (Å²) >= 11 is 0. The van der Waals surface area contributed by atoms with Crippen molar-refractivity contribution < 1.29 is 27.5 Å². The van der Waals surface area contributed by atoms with E-state index in [0.29, 0.717) is 30.4 Å². The van der Waals surface area contributed by atoms with Gasteiger partial charge in [0.2, 0.25) is 0 Å². The third-order valence-electron chi connectivity index (χ3n) is 4.14. The van der Waals surface area contributed by atoms with Gasteiger partial charge in [0.15, 0.2) is 5.78 Å². The van der Waals surface area contributed by atoms with Crippen LogP contribution in [0.3, 0.4) is 0 Å². The molecule has 0 aliphatic heterocycles. The van der Waals surface area contributed by atoms with Crippen molar-refractivity contribution in [1.29, 1.82) is 0 Å². The first-order valence-corrected chi connectivity index (χ1v) is 8.10. The van der Waals surface area contributed by atoms with Crippen molar-refractivity contribution in [2.24, 2.45) is 0 Å². The molecule has 0 spiro atoms. The highest BCUT2D eigenvalue weighted by Crippen LogP contribution is 2.37.